The van der Waals surface area contributed by atoms with Crippen LogP contribution in [0.1, 0.15) is 26.5 Å². The van der Waals surface area contributed by atoms with Crippen LogP contribution in [0.15, 0.2) is 42.6 Å². The van der Waals surface area contributed by atoms with Gasteiger partial charge in [-0.3, -0.25) is 5.32 Å². The van der Waals surface area contributed by atoms with Gasteiger partial charge in [0, 0.05) is 17.3 Å². The Hall–Kier alpha value is -2.71. The molecule has 2 saturated heterocycles. The highest BCUT2D eigenvalue weighted by atomic mass is 16.6. The Morgan fingerprint density at radius 2 is 1.86 bits per heavy atom. The van der Waals surface area contributed by atoms with Gasteiger partial charge in [0.25, 0.3) is 0 Å². The maximum atomic E-state index is 12.2. The molecule has 0 aliphatic carbocycles. The van der Waals surface area contributed by atoms with Crippen LogP contribution in [-0.2, 0) is 19.6 Å². The third-order valence-corrected chi connectivity index (χ3v) is 5.03. The van der Waals surface area contributed by atoms with E-state index in [0.717, 1.165) is 5.69 Å². The van der Waals surface area contributed by atoms with Crippen molar-refractivity contribution in [3.63, 3.8) is 0 Å². The van der Waals surface area contributed by atoms with Crippen LogP contribution in [0.2, 0.25) is 0 Å². The molecular weight excluding hydrogens is 372 g/mol. The Morgan fingerprint density at radius 1 is 1.10 bits per heavy atom. The summed E-state index contributed by atoms with van der Waals surface area (Å²) in [6, 6.07) is 11.0. The Labute approximate surface area is 170 Å². The molecule has 0 spiro atoms. The average molecular weight is 398 g/mol. The minimum Gasteiger partial charge on any atom is -0.441 e. The monoisotopic (exact) mass is 398 g/mol. The summed E-state index contributed by atoms with van der Waals surface area (Å²) in [7, 11) is 0. The minimum atomic E-state index is -0.522. The number of fused-ring (bicyclic) bond motifs is 1. The quantitative estimate of drug-likeness (QED) is 0.818. The number of para-hydroxylation sites is 1. The van der Waals surface area contributed by atoms with Crippen molar-refractivity contribution in [1.29, 1.82) is 0 Å². The molecule has 1 aromatic heterocycles. The van der Waals surface area contributed by atoms with Crippen LogP contribution in [0.3, 0.4) is 0 Å². The smallest absolute Gasteiger partial charge is 0.412 e. The average Bonchev–Trinajstić information content (AvgIpc) is 3.26. The van der Waals surface area contributed by atoms with E-state index in [1.807, 2.05) is 24.3 Å². The highest BCUT2D eigenvalue weighted by Crippen LogP contribution is 2.31. The molecule has 0 unspecified atom stereocenters. The van der Waals surface area contributed by atoms with Gasteiger partial charge in [-0.1, -0.05) is 39.0 Å². The summed E-state index contributed by atoms with van der Waals surface area (Å²) in [4.78, 5) is 21.1. The second kappa shape index (κ2) is 7.96. The molecule has 2 aromatic rings. The Kier molecular flexibility index (Phi) is 5.38. The van der Waals surface area contributed by atoms with Gasteiger partial charge in [-0.25, -0.2) is 14.8 Å². The summed E-state index contributed by atoms with van der Waals surface area (Å²) in [6.07, 6.45) is 0.216. The molecule has 4 atom stereocenters. The lowest BCUT2D eigenvalue weighted by Crippen LogP contribution is -2.38. The van der Waals surface area contributed by atoms with E-state index in [-0.39, 0.29) is 23.7 Å². The largest absolute Gasteiger partial charge is 0.441 e. The van der Waals surface area contributed by atoms with E-state index in [4.69, 9.17) is 14.2 Å². The van der Waals surface area contributed by atoms with Crippen LogP contribution < -0.4 is 10.6 Å². The summed E-state index contributed by atoms with van der Waals surface area (Å²) in [5.74, 6) is 0.543. The number of carbonyl (C=O) groups is 1. The van der Waals surface area contributed by atoms with Crippen molar-refractivity contribution in [1.82, 2.24) is 9.97 Å². The summed E-state index contributed by atoms with van der Waals surface area (Å²) >= 11 is 0. The predicted octanol–water partition coefficient (Wildman–Crippen LogP) is 2.97. The Morgan fingerprint density at radius 3 is 2.62 bits per heavy atom. The number of aromatic nitrogens is 2. The van der Waals surface area contributed by atoms with Crippen molar-refractivity contribution in [2.75, 3.05) is 23.8 Å². The Bertz CT molecular complexity index is 855. The fraction of sp³-hybridized carbons (Fsp3) is 0.476. The maximum absolute atomic E-state index is 12.2. The lowest BCUT2D eigenvalue weighted by Gasteiger charge is -2.20. The first-order valence-electron chi connectivity index (χ1n) is 9.76. The fourth-order valence-corrected chi connectivity index (χ4v) is 3.51. The van der Waals surface area contributed by atoms with Crippen LogP contribution in [-0.4, -0.2) is 53.6 Å². The number of carbonyl (C=O) groups excluding carboxylic acids is 1. The van der Waals surface area contributed by atoms with Gasteiger partial charge in [-0.05, 0) is 18.2 Å². The van der Waals surface area contributed by atoms with Crippen molar-refractivity contribution in [3.05, 3.63) is 48.3 Å². The number of rotatable bonds is 4. The standard InChI is InChI=1S/C21H26N4O4/c1-21(2,3)16-9-10-22-19(25-16)24-14-11-27-18-15(12-28-17(14)18)29-20(26)23-13-7-5-4-6-8-13/h4-10,14-15,17-18H,11-12H2,1-3H3,(H,23,26)(H,22,24,25)/t14-,15-,17-,18+/m1/s1. The van der Waals surface area contributed by atoms with Crippen LogP contribution in [0.5, 0.6) is 0 Å². The molecule has 2 aliphatic heterocycles. The van der Waals surface area contributed by atoms with E-state index in [1.165, 1.54) is 0 Å². The third kappa shape index (κ3) is 4.49. The molecule has 1 amide bonds. The number of nitrogens with zero attached hydrogens (tertiary/aromatic N) is 2. The second-order valence-corrected chi connectivity index (χ2v) is 8.30. The third-order valence-electron chi connectivity index (χ3n) is 5.03. The van der Waals surface area contributed by atoms with E-state index in [9.17, 15) is 4.79 Å². The topological polar surface area (TPSA) is 94.6 Å². The number of ether oxygens (including phenoxy) is 3. The van der Waals surface area contributed by atoms with E-state index in [1.54, 1.807) is 18.3 Å². The van der Waals surface area contributed by atoms with Crippen LogP contribution >= 0.6 is 0 Å². The Balaban J connectivity index is 1.35. The minimum absolute atomic E-state index is 0.0665. The first kappa shape index (κ1) is 19.6. The van der Waals surface area contributed by atoms with E-state index in [2.05, 4.69) is 41.4 Å². The molecule has 2 N–H and O–H groups in total. The van der Waals surface area contributed by atoms with E-state index < -0.39 is 12.2 Å². The van der Waals surface area contributed by atoms with Crippen molar-refractivity contribution in [2.24, 2.45) is 0 Å². The number of hydrogen-bond donors (Lipinski definition) is 2. The molecule has 0 saturated carbocycles. The molecule has 8 nitrogen and oxygen atoms in total. The summed E-state index contributed by atoms with van der Waals surface area (Å²) in [6.45, 7) is 7.04. The van der Waals surface area contributed by atoms with Gasteiger partial charge in [-0.15, -0.1) is 0 Å². The normalized spacial score (nSPS) is 26.0. The highest BCUT2D eigenvalue weighted by molar-refractivity contribution is 5.84. The van der Waals surface area contributed by atoms with Crippen molar-refractivity contribution in [3.8, 4) is 0 Å². The molecule has 3 heterocycles. The first-order chi connectivity index (χ1) is 13.9. The van der Waals surface area contributed by atoms with Crippen molar-refractivity contribution < 1.29 is 19.0 Å². The fourth-order valence-electron chi connectivity index (χ4n) is 3.51. The zero-order chi connectivity index (χ0) is 20.4. The first-order valence-corrected chi connectivity index (χ1v) is 9.76. The van der Waals surface area contributed by atoms with Crippen molar-refractivity contribution in [2.45, 2.75) is 50.5 Å². The molecule has 4 rings (SSSR count). The van der Waals surface area contributed by atoms with Crippen LogP contribution in [0, 0.1) is 0 Å². The van der Waals surface area contributed by atoms with E-state index >= 15 is 0 Å². The maximum Gasteiger partial charge on any atom is 0.412 e. The van der Waals surface area contributed by atoms with Gasteiger partial charge in [-0.2, -0.15) is 0 Å². The lowest BCUT2D eigenvalue weighted by molar-refractivity contribution is 0.00917. The zero-order valence-corrected chi connectivity index (χ0v) is 16.8. The van der Waals surface area contributed by atoms with Crippen molar-refractivity contribution >= 4 is 17.7 Å². The number of hydrogen-bond acceptors (Lipinski definition) is 7. The highest BCUT2D eigenvalue weighted by Gasteiger charge is 2.49. The number of anilines is 2. The molecule has 2 aliphatic rings. The summed E-state index contributed by atoms with van der Waals surface area (Å²) in [5.41, 5.74) is 1.57. The molecular formula is C21H26N4O4. The summed E-state index contributed by atoms with van der Waals surface area (Å²) in [5, 5.41) is 6.02. The molecule has 8 heteroatoms. The number of nitrogens with one attached hydrogen (secondary N) is 2. The number of amides is 1. The van der Waals surface area contributed by atoms with Gasteiger partial charge in [0.05, 0.1) is 24.9 Å². The zero-order valence-electron chi connectivity index (χ0n) is 16.8. The van der Waals surface area contributed by atoms with E-state index in [0.29, 0.717) is 24.8 Å². The summed E-state index contributed by atoms with van der Waals surface area (Å²) < 4.78 is 17.3. The molecule has 0 radical (unpaired) electrons. The second-order valence-electron chi connectivity index (χ2n) is 8.30. The number of benzene rings is 1. The van der Waals surface area contributed by atoms with Crippen LogP contribution in [0.25, 0.3) is 0 Å². The van der Waals surface area contributed by atoms with Crippen LogP contribution in [0.4, 0.5) is 16.4 Å². The van der Waals surface area contributed by atoms with Gasteiger partial charge in [0.2, 0.25) is 5.95 Å². The van der Waals surface area contributed by atoms with Gasteiger partial charge in [0.1, 0.15) is 12.2 Å². The molecule has 29 heavy (non-hydrogen) atoms. The lowest BCUT2D eigenvalue weighted by atomic mass is 9.92. The van der Waals surface area contributed by atoms with Gasteiger partial charge >= 0.3 is 6.09 Å². The molecule has 2 fully saturated rings. The van der Waals surface area contributed by atoms with Gasteiger partial charge < -0.3 is 19.5 Å². The molecule has 1 aromatic carbocycles. The predicted molar refractivity (Wildman–Crippen MR) is 108 cm³/mol. The van der Waals surface area contributed by atoms with Gasteiger partial charge in [0.15, 0.2) is 6.10 Å². The molecule has 0 bridgehead atoms. The molecule has 154 valence electrons. The SMILES string of the molecule is CC(C)(C)c1ccnc(N[C@@H]2CO[C@@H]3[C@@H]2OC[C@H]3OC(=O)Nc2ccccc2)n1.